The van der Waals surface area contributed by atoms with Crippen molar-refractivity contribution in [3.8, 4) is 5.75 Å². The fraction of sp³-hybridized carbons (Fsp3) is 0.143. The van der Waals surface area contributed by atoms with Crippen LogP contribution in [-0.4, -0.2) is 17.2 Å². The second kappa shape index (κ2) is 5.47. The van der Waals surface area contributed by atoms with Crippen molar-refractivity contribution in [2.24, 2.45) is 0 Å². The summed E-state index contributed by atoms with van der Waals surface area (Å²) in [5.74, 6) is 1.48. The minimum absolute atomic E-state index is 0.646. The van der Waals surface area contributed by atoms with E-state index in [1.54, 1.807) is 6.07 Å². The van der Waals surface area contributed by atoms with E-state index in [-0.39, 0.29) is 0 Å². The maximum Gasteiger partial charge on any atom is 0.131 e. The molecule has 0 amide bonds. The predicted molar refractivity (Wildman–Crippen MR) is 80.7 cm³/mol. The van der Waals surface area contributed by atoms with E-state index in [1.807, 2.05) is 43.3 Å². The van der Waals surface area contributed by atoms with Crippen molar-refractivity contribution in [3.63, 3.8) is 0 Å². The molecule has 0 bridgehead atoms. The average Bonchev–Trinajstić information content (AvgIpc) is 2.40. The summed E-state index contributed by atoms with van der Waals surface area (Å²) in [5, 5.41) is 9.85. The van der Waals surface area contributed by atoms with Gasteiger partial charge in [0, 0.05) is 35.9 Å². The molecule has 100 valence electrons. The Balaban J connectivity index is 2.26. The van der Waals surface area contributed by atoms with Crippen molar-refractivity contribution in [3.05, 3.63) is 54.1 Å². The van der Waals surface area contributed by atoms with E-state index in [1.165, 1.54) is 0 Å². The van der Waals surface area contributed by atoms with Gasteiger partial charge in [-0.1, -0.05) is 6.58 Å². The van der Waals surface area contributed by atoms with Crippen LogP contribution in [0.15, 0.2) is 48.5 Å². The van der Waals surface area contributed by atoms with Gasteiger partial charge in [-0.25, -0.2) is 0 Å². The number of nitrogens with zero attached hydrogens (tertiary/aromatic N) is 1. The molecule has 1 unspecified atom stereocenters. The van der Waals surface area contributed by atoms with Crippen LogP contribution in [-0.2, 0) is 0 Å². The zero-order chi connectivity index (χ0) is 14.0. The maximum atomic E-state index is 8.98. The number of likely N-dealkylation sites (N-methyl/N-ethyl adjacent to an activating group) is 1. The number of hydrogen-bond donors (Lipinski definition) is 2. The van der Waals surface area contributed by atoms with E-state index >= 15 is 0 Å². The Labute approximate surface area is 115 Å². The summed E-state index contributed by atoms with van der Waals surface area (Å²) in [7, 11) is 4.52. The predicted octanol–water partition coefficient (Wildman–Crippen LogP) is 2.53. The van der Waals surface area contributed by atoms with Crippen molar-refractivity contribution in [2.45, 2.75) is 6.92 Å². The average molecular weight is 276 g/mol. The van der Waals surface area contributed by atoms with Crippen molar-refractivity contribution in [2.75, 3.05) is 12.5 Å². The molecular weight excluding hydrogens is 259 g/mol. The van der Waals surface area contributed by atoms with Gasteiger partial charge < -0.3 is 9.64 Å². The van der Waals surface area contributed by atoms with Crippen LogP contribution in [0.25, 0.3) is 0 Å². The Morgan fingerprint density at radius 1 is 1.42 bits per heavy atom. The molecule has 5 heteroatoms. The summed E-state index contributed by atoms with van der Waals surface area (Å²) in [6, 6.07) is 3.58. The van der Waals surface area contributed by atoms with E-state index in [0.29, 0.717) is 5.69 Å². The van der Waals surface area contributed by atoms with E-state index in [0.717, 1.165) is 28.1 Å². The van der Waals surface area contributed by atoms with E-state index < -0.39 is 0 Å². The van der Waals surface area contributed by atoms with Gasteiger partial charge in [0.25, 0.3) is 0 Å². The van der Waals surface area contributed by atoms with Gasteiger partial charge in [0.05, 0.1) is 5.69 Å². The molecule has 1 heterocycles. The van der Waals surface area contributed by atoms with Crippen molar-refractivity contribution in [1.29, 1.82) is 0 Å². The van der Waals surface area contributed by atoms with Crippen LogP contribution in [0.2, 0.25) is 0 Å². The van der Waals surface area contributed by atoms with Gasteiger partial charge >= 0.3 is 0 Å². The summed E-state index contributed by atoms with van der Waals surface area (Å²) in [6.45, 7) is 5.86. The quantitative estimate of drug-likeness (QED) is 0.658. The second-order valence-electron chi connectivity index (χ2n) is 4.33. The van der Waals surface area contributed by atoms with Gasteiger partial charge in [-0.3, -0.25) is 10.7 Å². The molecule has 0 saturated carbocycles. The third-order valence-electron chi connectivity index (χ3n) is 3.04. The SMILES string of the molecule is C=C1C=C(Oc2ccc(NO)c(P)c2C)C=CN1C. The largest absolute Gasteiger partial charge is 0.457 e. The van der Waals surface area contributed by atoms with Gasteiger partial charge in [0.15, 0.2) is 0 Å². The first-order chi connectivity index (χ1) is 9.02. The Morgan fingerprint density at radius 3 is 2.79 bits per heavy atom. The monoisotopic (exact) mass is 276 g/mol. The summed E-state index contributed by atoms with van der Waals surface area (Å²) in [6.07, 6.45) is 5.66. The number of allylic oxidation sites excluding steroid dienone is 2. The highest BCUT2D eigenvalue weighted by Gasteiger charge is 2.11. The molecule has 2 N–H and O–H groups in total. The van der Waals surface area contributed by atoms with Crippen molar-refractivity contribution < 1.29 is 9.94 Å². The molecule has 0 radical (unpaired) electrons. The van der Waals surface area contributed by atoms with Crippen LogP contribution >= 0.6 is 9.24 Å². The number of benzene rings is 1. The first-order valence-corrected chi connectivity index (χ1v) is 6.39. The van der Waals surface area contributed by atoms with Gasteiger partial charge in [-0.05, 0) is 25.1 Å². The standard InChI is InChI=1S/C14H17N2O2P/c1-9-8-11(6-7-16(9)3)18-13-5-4-12(15-17)14(19)10(13)2/h4-8,15,17H,1,19H2,2-3H3. The highest BCUT2D eigenvalue weighted by molar-refractivity contribution is 7.28. The lowest BCUT2D eigenvalue weighted by molar-refractivity contribution is 0.389. The summed E-state index contributed by atoms with van der Waals surface area (Å²) >= 11 is 0. The zero-order valence-corrected chi connectivity index (χ0v) is 12.1. The molecule has 1 aromatic carbocycles. The lowest BCUT2D eigenvalue weighted by atomic mass is 10.2. The van der Waals surface area contributed by atoms with Crippen LogP contribution in [0, 0.1) is 6.92 Å². The molecule has 19 heavy (non-hydrogen) atoms. The zero-order valence-electron chi connectivity index (χ0n) is 11.0. The van der Waals surface area contributed by atoms with Crippen LogP contribution in [0.4, 0.5) is 5.69 Å². The molecule has 0 aromatic heterocycles. The maximum absolute atomic E-state index is 8.98. The minimum atomic E-state index is 0.646. The number of nitrogens with one attached hydrogen (secondary N) is 1. The fourth-order valence-electron chi connectivity index (χ4n) is 1.70. The summed E-state index contributed by atoms with van der Waals surface area (Å²) in [5.41, 5.74) is 4.62. The lowest BCUT2D eigenvalue weighted by Gasteiger charge is -2.20. The van der Waals surface area contributed by atoms with E-state index in [2.05, 4.69) is 21.3 Å². The van der Waals surface area contributed by atoms with Crippen LogP contribution in [0.1, 0.15) is 5.56 Å². The third kappa shape index (κ3) is 2.80. The Morgan fingerprint density at radius 2 is 2.16 bits per heavy atom. The molecule has 0 saturated heterocycles. The minimum Gasteiger partial charge on any atom is -0.457 e. The van der Waals surface area contributed by atoms with Crippen LogP contribution in [0.5, 0.6) is 5.75 Å². The molecule has 0 spiro atoms. The van der Waals surface area contributed by atoms with Gasteiger partial charge in [-0.15, -0.1) is 9.24 Å². The molecule has 1 aliphatic heterocycles. The third-order valence-corrected chi connectivity index (χ3v) is 3.78. The molecule has 1 aromatic rings. The second-order valence-corrected chi connectivity index (χ2v) is 4.91. The molecule has 0 fully saturated rings. The Kier molecular flexibility index (Phi) is 3.93. The van der Waals surface area contributed by atoms with Crippen LogP contribution < -0.4 is 15.5 Å². The highest BCUT2D eigenvalue weighted by atomic mass is 31.0. The molecule has 0 aliphatic carbocycles. The first-order valence-electron chi connectivity index (χ1n) is 5.81. The van der Waals surface area contributed by atoms with Gasteiger partial charge in [-0.2, -0.15) is 0 Å². The normalized spacial score (nSPS) is 14.4. The summed E-state index contributed by atoms with van der Waals surface area (Å²) < 4.78 is 5.85. The molecule has 4 nitrogen and oxygen atoms in total. The van der Waals surface area contributed by atoms with E-state index in [9.17, 15) is 0 Å². The number of hydrogen-bond acceptors (Lipinski definition) is 4. The Bertz CT molecular complexity index is 579. The topological polar surface area (TPSA) is 44.7 Å². The number of ether oxygens (including phenoxy) is 1. The summed E-state index contributed by atoms with van der Waals surface area (Å²) in [4.78, 5) is 1.92. The first kappa shape index (κ1) is 13.7. The molecular formula is C14H17N2O2P. The van der Waals surface area contributed by atoms with Gasteiger partial charge in [0.2, 0.25) is 0 Å². The van der Waals surface area contributed by atoms with Crippen LogP contribution in [0.3, 0.4) is 0 Å². The number of rotatable bonds is 3. The van der Waals surface area contributed by atoms with E-state index in [4.69, 9.17) is 9.94 Å². The smallest absolute Gasteiger partial charge is 0.131 e. The van der Waals surface area contributed by atoms with Gasteiger partial charge in [0.1, 0.15) is 11.5 Å². The lowest BCUT2D eigenvalue weighted by Crippen LogP contribution is -2.13. The Hall–Kier alpha value is -1.77. The van der Waals surface area contributed by atoms with Crippen molar-refractivity contribution >= 4 is 20.2 Å². The fourth-order valence-corrected chi connectivity index (χ4v) is 2.01. The molecule has 2 rings (SSSR count). The molecule has 1 atom stereocenters. The molecule has 1 aliphatic rings. The van der Waals surface area contributed by atoms with Crippen molar-refractivity contribution in [1.82, 2.24) is 4.90 Å². The highest BCUT2D eigenvalue weighted by Crippen LogP contribution is 2.25. The number of anilines is 1.